The molecule has 0 radical (unpaired) electrons. The van der Waals surface area contributed by atoms with Crippen LogP contribution in [0.3, 0.4) is 0 Å². The Labute approximate surface area is 300 Å². The fraction of sp³-hybridized carbons (Fsp3) is 0.611. The first-order chi connectivity index (χ1) is 24.4. The molecule has 2 fully saturated rings. The summed E-state index contributed by atoms with van der Waals surface area (Å²) in [5.41, 5.74) is 0.227. The minimum absolute atomic E-state index is 0.0244. The Kier molecular flexibility index (Phi) is 13.1. The molecule has 2 aromatic rings. The van der Waals surface area contributed by atoms with Gasteiger partial charge in [0, 0.05) is 31.6 Å². The van der Waals surface area contributed by atoms with E-state index in [1.165, 1.54) is 27.4 Å². The van der Waals surface area contributed by atoms with E-state index in [1.54, 1.807) is 0 Å². The van der Waals surface area contributed by atoms with Crippen molar-refractivity contribution in [3.8, 4) is 11.5 Å². The molecule has 51 heavy (non-hydrogen) atoms. The highest BCUT2D eigenvalue weighted by molar-refractivity contribution is 7.89. The molecule has 0 unspecified atom stereocenters. The number of nitrogens with one attached hydrogen (secondary N) is 1. The lowest BCUT2D eigenvalue weighted by Gasteiger charge is -2.40. The van der Waals surface area contributed by atoms with Gasteiger partial charge in [0.05, 0.1) is 42.9 Å². The molecule has 5 rings (SSSR count). The SMILES string of the molecule is CCCOC(=O)NCCCCC(C)(C)CN(C[C@@H](O)[C@H](Cc1ccccc1)N(C(=O)O)[C@H]1CO[C@H]2OCC[C@H]21)S(=O)(=O)c1ccc2c(c1)OCO2. The van der Waals surface area contributed by atoms with Crippen LogP contribution in [0.5, 0.6) is 11.5 Å². The number of carboxylic acid groups (broad SMARTS) is 1. The Bertz CT molecular complexity index is 1580. The number of ether oxygens (including phenoxy) is 5. The van der Waals surface area contributed by atoms with Gasteiger partial charge < -0.3 is 39.2 Å². The molecule has 0 aliphatic carbocycles. The van der Waals surface area contributed by atoms with Crippen molar-refractivity contribution in [1.29, 1.82) is 0 Å². The van der Waals surface area contributed by atoms with Gasteiger partial charge in [-0.05, 0) is 55.2 Å². The molecule has 0 aromatic heterocycles. The van der Waals surface area contributed by atoms with Crippen molar-refractivity contribution in [2.75, 3.05) is 46.2 Å². The highest BCUT2D eigenvalue weighted by atomic mass is 32.2. The van der Waals surface area contributed by atoms with Gasteiger partial charge in [0.25, 0.3) is 0 Å². The quantitative estimate of drug-likeness (QED) is 0.185. The molecule has 282 valence electrons. The number of hydrogen-bond donors (Lipinski definition) is 3. The molecule has 2 aromatic carbocycles. The first-order valence-corrected chi connectivity index (χ1v) is 19.1. The highest BCUT2D eigenvalue weighted by Crippen LogP contribution is 2.38. The van der Waals surface area contributed by atoms with E-state index in [0.29, 0.717) is 56.9 Å². The number of unbranched alkanes of at least 4 members (excludes halogenated alkanes) is 1. The van der Waals surface area contributed by atoms with Gasteiger partial charge in [-0.1, -0.05) is 57.5 Å². The average Bonchev–Trinajstić information content (AvgIpc) is 3.85. The third-order valence-corrected chi connectivity index (χ3v) is 11.4. The third-order valence-electron chi connectivity index (χ3n) is 9.64. The van der Waals surface area contributed by atoms with Gasteiger partial charge in [0.15, 0.2) is 17.8 Å². The summed E-state index contributed by atoms with van der Waals surface area (Å²) in [5, 5.41) is 25.5. The summed E-state index contributed by atoms with van der Waals surface area (Å²) in [7, 11) is -4.24. The van der Waals surface area contributed by atoms with E-state index < -0.39 is 52.1 Å². The number of fused-ring (bicyclic) bond motifs is 2. The first kappa shape index (κ1) is 38.6. The molecule has 14 nitrogen and oxygen atoms in total. The van der Waals surface area contributed by atoms with Crippen molar-refractivity contribution in [2.24, 2.45) is 11.3 Å². The minimum Gasteiger partial charge on any atom is -0.465 e. The van der Waals surface area contributed by atoms with Gasteiger partial charge in [-0.15, -0.1) is 0 Å². The Morgan fingerprint density at radius 3 is 2.59 bits per heavy atom. The maximum Gasteiger partial charge on any atom is 0.407 e. The molecule has 3 aliphatic rings. The van der Waals surface area contributed by atoms with Crippen molar-refractivity contribution in [3.05, 3.63) is 54.1 Å². The maximum absolute atomic E-state index is 14.5. The summed E-state index contributed by atoms with van der Waals surface area (Å²) in [6.45, 7) is 6.77. The summed E-state index contributed by atoms with van der Waals surface area (Å²) in [6, 6.07) is 12.1. The summed E-state index contributed by atoms with van der Waals surface area (Å²) in [4.78, 5) is 26.1. The van der Waals surface area contributed by atoms with Crippen molar-refractivity contribution in [2.45, 2.75) is 88.7 Å². The number of nitrogens with zero attached hydrogens (tertiary/aromatic N) is 2. The predicted molar refractivity (Wildman–Crippen MR) is 186 cm³/mol. The molecule has 0 saturated carbocycles. The van der Waals surface area contributed by atoms with Gasteiger partial charge in [0.1, 0.15) is 0 Å². The topological polar surface area (TPSA) is 173 Å². The fourth-order valence-corrected chi connectivity index (χ4v) is 8.68. The van der Waals surface area contributed by atoms with Crippen LogP contribution in [-0.2, 0) is 30.7 Å². The molecule has 5 atom stereocenters. The largest absolute Gasteiger partial charge is 0.465 e. The van der Waals surface area contributed by atoms with Gasteiger partial charge >= 0.3 is 12.2 Å². The van der Waals surface area contributed by atoms with Crippen LogP contribution < -0.4 is 14.8 Å². The second kappa shape index (κ2) is 17.3. The number of carbonyl (C=O) groups excluding carboxylic acids is 1. The lowest BCUT2D eigenvalue weighted by molar-refractivity contribution is -0.0906. The van der Waals surface area contributed by atoms with Crippen LogP contribution >= 0.6 is 0 Å². The average molecular weight is 734 g/mol. The molecule has 0 spiro atoms. The molecule has 15 heteroatoms. The van der Waals surface area contributed by atoms with Crippen molar-refractivity contribution < 1.29 is 51.9 Å². The normalized spacial score (nSPS) is 20.9. The molecule has 2 saturated heterocycles. The van der Waals surface area contributed by atoms with Crippen LogP contribution in [0.1, 0.15) is 58.4 Å². The summed E-state index contributed by atoms with van der Waals surface area (Å²) in [5.74, 6) is 0.525. The van der Waals surface area contributed by atoms with Crippen LogP contribution in [0.2, 0.25) is 0 Å². The zero-order chi connectivity index (χ0) is 36.6. The summed E-state index contributed by atoms with van der Waals surface area (Å²) in [6.07, 6.45) is -0.178. The van der Waals surface area contributed by atoms with Crippen molar-refractivity contribution in [1.82, 2.24) is 14.5 Å². The zero-order valence-corrected chi connectivity index (χ0v) is 30.4. The maximum atomic E-state index is 14.5. The van der Waals surface area contributed by atoms with E-state index in [-0.39, 0.29) is 43.7 Å². The number of alkyl carbamates (subject to hydrolysis) is 1. The van der Waals surface area contributed by atoms with Crippen LogP contribution in [-0.4, -0.2) is 111 Å². The van der Waals surface area contributed by atoms with Crippen LogP contribution in [0.4, 0.5) is 9.59 Å². The number of sulfonamides is 1. The van der Waals surface area contributed by atoms with Gasteiger partial charge in [-0.25, -0.2) is 18.0 Å². The molecule has 2 amide bonds. The second-order valence-electron chi connectivity index (χ2n) is 14.1. The Hall–Kier alpha value is -3.63. The molecule has 3 N–H and O–H groups in total. The van der Waals surface area contributed by atoms with Crippen molar-refractivity contribution >= 4 is 22.2 Å². The first-order valence-electron chi connectivity index (χ1n) is 17.7. The lowest BCUT2D eigenvalue weighted by Crippen LogP contribution is -2.58. The van der Waals surface area contributed by atoms with Crippen LogP contribution in [0.25, 0.3) is 0 Å². The third kappa shape index (κ3) is 9.83. The standard InChI is InChI=1S/C36H51N3O11S/c1-4-17-47-34(41)37-16-9-8-15-36(2,3)23-38(51(44,45)26-12-13-31-32(20-26)50-24-49-31)21-30(40)28(19-25-10-6-5-7-11-25)39(35(42)43)29-22-48-33-27(29)14-18-46-33/h5-7,10-13,20,27-30,33,40H,4,8-9,14-19,21-24H2,1-3H3,(H,37,41)(H,42,43)/t27-,28-,29-,30+,33+/m0/s1. The minimum atomic E-state index is -4.24. The molecule has 3 heterocycles. The zero-order valence-electron chi connectivity index (χ0n) is 29.6. The van der Waals surface area contributed by atoms with E-state index in [1.807, 2.05) is 51.1 Å². The molecule has 3 aliphatic heterocycles. The fourth-order valence-electron chi connectivity index (χ4n) is 7.02. The Morgan fingerprint density at radius 1 is 1.08 bits per heavy atom. The number of carbonyl (C=O) groups is 2. The monoisotopic (exact) mass is 733 g/mol. The molecule has 0 bridgehead atoms. The molecular weight excluding hydrogens is 682 g/mol. The van der Waals surface area contributed by atoms with Gasteiger partial charge in [-0.2, -0.15) is 4.31 Å². The predicted octanol–water partition coefficient (Wildman–Crippen LogP) is 4.45. The number of amides is 2. The second-order valence-corrected chi connectivity index (χ2v) is 16.0. The van der Waals surface area contributed by atoms with E-state index in [4.69, 9.17) is 23.7 Å². The van der Waals surface area contributed by atoms with Gasteiger partial charge in [0.2, 0.25) is 16.8 Å². The van der Waals surface area contributed by atoms with E-state index in [9.17, 15) is 28.2 Å². The number of aliphatic hydroxyl groups is 1. The van der Waals surface area contributed by atoms with Crippen LogP contribution in [0, 0.1) is 11.3 Å². The number of hydrogen-bond acceptors (Lipinski definition) is 10. The lowest BCUT2D eigenvalue weighted by atomic mass is 9.87. The Balaban J connectivity index is 1.40. The number of rotatable bonds is 18. The van der Waals surface area contributed by atoms with Gasteiger partial charge in [-0.3, -0.25) is 4.90 Å². The number of benzene rings is 2. The number of aliphatic hydroxyl groups excluding tert-OH is 1. The highest BCUT2D eigenvalue weighted by Gasteiger charge is 2.49. The van der Waals surface area contributed by atoms with Crippen LogP contribution in [0.15, 0.2) is 53.4 Å². The van der Waals surface area contributed by atoms with E-state index in [2.05, 4.69) is 5.32 Å². The summed E-state index contributed by atoms with van der Waals surface area (Å²) >= 11 is 0. The van der Waals surface area contributed by atoms with E-state index >= 15 is 0 Å². The van der Waals surface area contributed by atoms with E-state index in [0.717, 1.165) is 12.0 Å². The summed E-state index contributed by atoms with van der Waals surface area (Å²) < 4.78 is 57.6. The smallest absolute Gasteiger partial charge is 0.407 e. The molecular formula is C36H51N3O11S. The Morgan fingerprint density at radius 2 is 1.84 bits per heavy atom. The van der Waals surface area contributed by atoms with Crippen molar-refractivity contribution in [3.63, 3.8) is 0 Å².